The first kappa shape index (κ1) is 13.1. The molecular formula is C15H17NO4. The van der Waals surface area contributed by atoms with Gasteiger partial charge in [0.2, 0.25) is 0 Å². The van der Waals surface area contributed by atoms with E-state index in [0.717, 1.165) is 18.4 Å². The van der Waals surface area contributed by atoms with Gasteiger partial charge in [-0.1, -0.05) is 30.3 Å². The molecule has 1 amide bonds. The number of nitrogens with zero attached hydrogens (tertiary/aromatic N) is 1. The van der Waals surface area contributed by atoms with Crippen molar-refractivity contribution in [3.05, 3.63) is 35.9 Å². The van der Waals surface area contributed by atoms with Crippen LogP contribution in [0.2, 0.25) is 0 Å². The van der Waals surface area contributed by atoms with Crippen LogP contribution in [0.4, 0.5) is 4.79 Å². The summed E-state index contributed by atoms with van der Waals surface area (Å²) in [5.74, 6) is 0.157. The molecule has 4 atom stereocenters. The minimum atomic E-state index is -1.03. The maximum absolute atomic E-state index is 11.3. The SMILES string of the molecule is O=CC1C(OCc2ccccc2)[C@H]2CC[C@H]2N1C(=O)O. The summed E-state index contributed by atoms with van der Waals surface area (Å²) in [7, 11) is 0. The van der Waals surface area contributed by atoms with Gasteiger partial charge in [0.15, 0.2) is 0 Å². The molecule has 1 saturated heterocycles. The largest absolute Gasteiger partial charge is 0.465 e. The molecule has 20 heavy (non-hydrogen) atoms. The van der Waals surface area contributed by atoms with Crippen molar-refractivity contribution in [2.24, 2.45) is 5.92 Å². The summed E-state index contributed by atoms with van der Waals surface area (Å²) in [5, 5.41) is 9.25. The number of carbonyl (C=O) groups excluding carboxylic acids is 1. The normalized spacial score (nSPS) is 31.5. The van der Waals surface area contributed by atoms with E-state index in [2.05, 4.69) is 0 Å². The quantitative estimate of drug-likeness (QED) is 0.852. The molecule has 1 aromatic rings. The predicted molar refractivity (Wildman–Crippen MR) is 71.2 cm³/mol. The number of benzene rings is 1. The summed E-state index contributed by atoms with van der Waals surface area (Å²) in [4.78, 5) is 23.8. The van der Waals surface area contributed by atoms with Crippen molar-refractivity contribution in [3.8, 4) is 0 Å². The van der Waals surface area contributed by atoms with Gasteiger partial charge in [-0.05, 0) is 18.4 Å². The molecule has 0 aromatic heterocycles. The average Bonchev–Trinajstić information content (AvgIpc) is 2.64. The highest BCUT2D eigenvalue weighted by Gasteiger charge is 2.56. The Kier molecular flexibility index (Phi) is 3.44. The van der Waals surface area contributed by atoms with Gasteiger partial charge >= 0.3 is 6.09 Å². The molecule has 1 aliphatic heterocycles. The summed E-state index contributed by atoms with van der Waals surface area (Å²) in [6, 6.07) is 8.98. The van der Waals surface area contributed by atoms with E-state index >= 15 is 0 Å². The molecule has 3 rings (SSSR count). The van der Waals surface area contributed by atoms with Crippen LogP contribution in [0.3, 0.4) is 0 Å². The van der Waals surface area contributed by atoms with Crippen LogP contribution in [0.1, 0.15) is 18.4 Å². The highest BCUT2D eigenvalue weighted by Crippen LogP contribution is 2.45. The molecular weight excluding hydrogens is 258 g/mol. The van der Waals surface area contributed by atoms with E-state index in [1.807, 2.05) is 30.3 Å². The Labute approximate surface area is 117 Å². The summed E-state index contributed by atoms with van der Waals surface area (Å²) in [6.07, 6.45) is 1.12. The van der Waals surface area contributed by atoms with Crippen molar-refractivity contribution in [1.82, 2.24) is 4.90 Å². The van der Waals surface area contributed by atoms with Gasteiger partial charge in [-0.2, -0.15) is 0 Å². The molecule has 1 N–H and O–H groups in total. The Morgan fingerprint density at radius 1 is 1.35 bits per heavy atom. The molecule has 2 aliphatic rings. The number of amides is 1. The maximum atomic E-state index is 11.3. The molecule has 1 saturated carbocycles. The van der Waals surface area contributed by atoms with Gasteiger partial charge in [-0.25, -0.2) is 4.79 Å². The number of fused-ring (bicyclic) bond motifs is 1. The van der Waals surface area contributed by atoms with E-state index in [1.54, 1.807) is 0 Å². The molecule has 2 unspecified atom stereocenters. The van der Waals surface area contributed by atoms with Crippen molar-refractivity contribution < 1.29 is 19.4 Å². The third kappa shape index (κ3) is 2.08. The van der Waals surface area contributed by atoms with Gasteiger partial charge in [-0.15, -0.1) is 0 Å². The Morgan fingerprint density at radius 2 is 2.10 bits per heavy atom. The molecule has 5 heteroatoms. The Morgan fingerprint density at radius 3 is 2.65 bits per heavy atom. The fourth-order valence-electron chi connectivity index (χ4n) is 3.27. The van der Waals surface area contributed by atoms with Crippen LogP contribution in [0.15, 0.2) is 30.3 Å². The summed E-state index contributed by atoms with van der Waals surface area (Å²) in [5.41, 5.74) is 1.03. The van der Waals surface area contributed by atoms with Gasteiger partial charge in [0, 0.05) is 12.0 Å². The van der Waals surface area contributed by atoms with Crippen LogP contribution in [-0.4, -0.2) is 40.6 Å². The van der Waals surface area contributed by atoms with Crippen LogP contribution >= 0.6 is 0 Å². The lowest BCUT2D eigenvalue weighted by Crippen LogP contribution is -2.45. The lowest BCUT2D eigenvalue weighted by atomic mass is 9.78. The molecule has 0 radical (unpaired) electrons. The second-order valence-corrected chi connectivity index (χ2v) is 5.39. The van der Waals surface area contributed by atoms with Gasteiger partial charge in [0.25, 0.3) is 0 Å². The Balaban J connectivity index is 1.72. The lowest BCUT2D eigenvalue weighted by Gasteiger charge is -2.35. The standard InChI is InChI=1S/C15H17NO4/c17-8-13-14(20-9-10-4-2-1-3-5-10)11-6-7-12(11)16(13)15(18)19/h1-5,8,11-14H,6-7,9H2,(H,18,19)/t11-,12+,13?,14?/m0/s1. The number of aldehydes is 1. The second kappa shape index (κ2) is 5.25. The zero-order chi connectivity index (χ0) is 14.1. The Hall–Kier alpha value is -1.88. The van der Waals surface area contributed by atoms with E-state index in [9.17, 15) is 14.7 Å². The van der Waals surface area contributed by atoms with Crippen molar-refractivity contribution >= 4 is 12.4 Å². The van der Waals surface area contributed by atoms with Gasteiger partial charge < -0.3 is 14.6 Å². The third-order valence-corrected chi connectivity index (χ3v) is 4.37. The van der Waals surface area contributed by atoms with Crippen LogP contribution in [0.25, 0.3) is 0 Å². The molecule has 0 bridgehead atoms. The lowest BCUT2D eigenvalue weighted by molar-refractivity contribution is -0.115. The topological polar surface area (TPSA) is 66.8 Å². The van der Waals surface area contributed by atoms with Crippen molar-refractivity contribution in [1.29, 1.82) is 0 Å². The number of carbonyl (C=O) groups is 2. The molecule has 1 aromatic carbocycles. The summed E-state index contributed by atoms with van der Waals surface area (Å²) >= 11 is 0. The van der Waals surface area contributed by atoms with Crippen LogP contribution < -0.4 is 0 Å². The number of likely N-dealkylation sites (tertiary alicyclic amines) is 1. The third-order valence-electron chi connectivity index (χ3n) is 4.37. The van der Waals surface area contributed by atoms with E-state index < -0.39 is 12.1 Å². The van der Waals surface area contributed by atoms with Crippen molar-refractivity contribution in [3.63, 3.8) is 0 Å². The number of carboxylic acid groups (broad SMARTS) is 1. The van der Waals surface area contributed by atoms with Gasteiger partial charge in [-0.3, -0.25) is 4.90 Å². The minimum Gasteiger partial charge on any atom is -0.465 e. The average molecular weight is 275 g/mol. The predicted octanol–water partition coefficient (Wildman–Crippen LogP) is 1.91. The first-order valence-electron chi connectivity index (χ1n) is 6.84. The van der Waals surface area contributed by atoms with E-state index in [0.29, 0.717) is 12.9 Å². The smallest absolute Gasteiger partial charge is 0.408 e. The second-order valence-electron chi connectivity index (χ2n) is 5.39. The first-order valence-corrected chi connectivity index (χ1v) is 6.84. The van der Waals surface area contributed by atoms with E-state index in [4.69, 9.17) is 4.74 Å². The molecule has 1 heterocycles. The zero-order valence-electron chi connectivity index (χ0n) is 11.0. The molecule has 0 spiro atoms. The van der Waals surface area contributed by atoms with Crippen molar-refractivity contribution in [2.75, 3.05) is 0 Å². The highest BCUT2D eigenvalue weighted by molar-refractivity contribution is 5.74. The monoisotopic (exact) mass is 275 g/mol. The van der Waals surface area contributed by atoms with Crippen LogP contribution in [-0.2, 0) is 16.1 Å². The van der Waals surface area contributed by atoms with Crippen LogP contribution in [0.5, 0.6) is 0 Å². The minimum absolute atomic E-state index is 0.0523. The first-order chi connectivity index (χ1) is 9.72. The molecule has 106 valence electrons. The number of rotatable bonds is 4. The van der Waals surface area contributed by atoms with Crippen LogP contribution in [0, 0.1) is 5.92 Å². The molecule has 2 fully saturated rings. The van der Waals surface area contributed by atoms with E-state index in [-0.39, 0.29) is 18.1 Å². The summed E-state index contributed by atoms with van der Waals surface area (Å²) < 4.78 is 5.87. The fraction of sp³-hybridized carbons (Fsp3) is 0.467. The number of hydrogen-bond acceptors (Lipinski definition) is 3. The summed E-state index contributed by atoms with van der Waals surface area (Å²) in [6.45, 7) is 0.409. The molecule has 1 aliphatic carbocycles. The fourth-order valence-corrected chi connectivity index (χ4v) is 3.27. The van der Waals surface area contributed by atoms with Gasteiger partial charge in [0.1, 0.15) is 12.3 Å². The molecule has 5 nitrogen and oxygen atoms in total. The van der Waals surface area contributed by atoms with Crippen molar-refractivity contribution in [2.45, 2.75) is 37.6 Å². The maximum Gasteiger partial charge on any atom is 0.408 e. The zero-order valence-corrected chi connectivity index (χ0v) is 11.0. The Bertz CT molecular complexity index is 504. The highest BCUT2D eigenvalue weighted by atomic mass is 16.5. The number of ether oxygens (including phenoxy) is 1. The van der Waals surface area contributed by atoms with Gasteiger partial charge in [0.05, 0.1) is 12.7 Å². The van der Waals surface area contributed by atoms with E-state index in [1.165, 1.54) is 4.90 Å². The number of hydrogen-bond donors (Lipinski definition) is 1.